The molecular formula is C18H18N2O3. The first-order valence-corrected chi connectivity index (χ1v) is 8.09. The summed E-state index contributed by atoms with van der Waals surface area (Å²) in [6.07, 6.45) is 4.16. The summed E-state index contributed by atoms with van der Waals surface area (Å²) >= 11 is 0. The van der Waals surface area contributed by atoms with Crippen LogP contribution in [0, 0.1) is 17.8 Å². The minimum atomic E-state index is -0.443. The van der Waals surface area contributed by atoms with Crippen LogP contribution in [0.15, 0.2) is 41.1 Å². The second-order valence-corrected chi connectivity index (χ2v) is 6.79. The van der Waals surface area contributed by atoms with E-state index < -0.39 is 6.10 Å². The molecule has 1 amide bonds. The summed E-state index contributed by atoms with van der Waals surface area (Å²) in [5.41, 5.74) is 2.17. The molecule has 1 saturated carbocycles. The molecule has 0 spiro atoms. The molecule has 5 rings (SSSR count). The van der Waals surface area contributed by atoms with E-state index >= 15 is 0 Å². The van der Waals surface area contributed by atoms with Gasteiger partial charge in [-0.05, 0) is 17.7 Å². The SMILES string of the molecule is COC1=CC2C(=O)N3c4ccccc4CC3C=NC2C2C(O)C12. The molecule has 118 valence electrons. The number of hydrogen-bond donors (Lipinski definition) is 1. The van der Waals surface area contributed by atoms with E-state index in [0.717, 1.165) is 17.9 Å². The van der Waals surface area contributed by atoms with Gasteiger partial charge in [-0.15, -0.1) is 0 Å². The lowest BCUT2D eigenvalue weighted by Gasteiger charge is -2.28. The predicted octanol–water partition coefficient (Wildman–Crippen LogP) is 1.16. The number of fused-ring (bicyclic) bond motifs is 6. The highest BCUT2D eigenvalue weighted by Gasteiger charge is 2.62. The van der Waals surface area contributed by atoms with E-state index in [1.807, 2.05) is 35.4 Å². The Bertz CT molecular complexity index is 756. The number of amides is 1. The van der Waals surface area contributed by atoms with Crippen molar-refractivity contribution in [2.75, 3.05) is 12.0 Å². The van der Waals surface area contributed by atoms with Crippen molar-refractivity contribution in [3.05, 3.63) is 41.7 Å². The van der Waals surface area contributed by atoms with E-state index in [-0.39, 0.29) is 35.7 Å². The number of ether oxygens (including phenoxy) is 1. The van der Waals surface area contributed by atoms with Crippen molar-refractivity contribution >= 4 is 17.8 Å². The van der Waals surface area contributed by atoms with Gasteiger partial charge >= 0.3 is 0 Å². The zero-order valence-electron chi connectivity index (χ0n) is 12.8. The van der Waals surface area contributed by atoms with Gasteiger partial charge in [0.1, 0.15) is 0 Å². The minimum Gasteiger partial charge on any atom is -0.501 e. The summed E-state index contributed by atoms with van der Waals surface area (Å²) in [6.45, 7) is 0. The summed E-state index contributed by atoms with van der Waals surface area (Å²) in [5, 5.41) is 10.2. The maximum Gasteiger partial charge on any atom is 0.236 e. The third-order valence-electron chi connectivity index (χ3n) is 5.67. The van der Waals surface area contributed by atoms with E-state index in [1.54, 1.807) is 7.11 Å². The van der Waals surface area contributed by atoms with E-state index in [0.29, 0.717) is 0 Å². The molecule has 6 unspecified atom stereocenters. The van der Waals surface area contributed by atoms with Gasteiger partial charge in [0.05, 0.1) is 37.0 Å². The number of benzene rings is 1. The first-order valence-electron chi connectivity index (χ1n) is 8.09. The summed E-state index contributed by atoms with van der Waals surface area (Å²) in [4.78, 5) is 19.8. The number of hydrogen-bond acceptors (Lipinski definition) is 4. The third-order valence-corrected chi connectivity index (χ3v) is 5.67. The molecule has 1 fully saturated rings. The lowest BCUT2D eigenvalue weighted by atomic mass is 9.88. The first kappa shape index (κ1) is 13.3. The number of para-hydroxylation sites is 1. The van der Waals surface area contributed by atoms with Crippen LogP contribution >= 0.6 is 0 Å². The molecule has 4 aliphatic rings. The van der Waals surface area contributed by atoms with Crippen molar-refractivity contribution in [2.45, 2.75) is 24.6 Å². The maximum atomic E-state index is 13.2. The Labute approximate surface area is 134 Å². The third kappa shape index (κ3) is 1.66. The Morgan fingerprint density at radius 3 is 3.00 bits per heavy atom. The van der Waals surface area contributed by atoms with Crippen LogP contribution in [-0.2, 0) is 16.0 Å². The first-order chi connectivity index (χ1) is 11.2. The topological polar surface area (TPSA) is 62.1 Å². The van der Waals surface area contributed by atoms with Crippen LogP contribution in [0.2, 0.25) is 0 Å². The molecule has 0 saturated heterocycles. The zero-order valence-corrected chi connectivity index (χ0v) is 12.8. The molecule has 5 nitrogen and oxygen atoms in total. The molecule has 0 bridgehead atoms. The average Bonchev–Trinajstić information content (AvgIpc) is 3.13. The van der Waals surface area contributed by atoms with E-state index in [1.165, 1.54) is 5.56 Å². The van der Waals surface area contributed by atoms with Crippen LogP contribution in [-0.4, -0.2) is 42.5 Å². The summed E-state index contributed by atoms with van der Waals surface area (Å²) in [5.74, 6) is 0.463. The van der Waals surface area contributed by atoms with Crippen LogP contribution < -0.4 is 4.90 Å². The fourth-order valence-corrected chi connectivity index (χ4v) is 4.50. The summed E-state index contributed by atoms with van der Waals surface area (Å²) < 4.78 is 5.41. The van der Waals surface area contributed by atoms with Crippen LogP contribution in [0.3, 0.4) is 0 Å². The molecule has 6 atom stereocenters. The number of rotatable bonds is 1. The van der Waals surface area contributed by atoms with Crippen LogP contribution in [0.1, 0.15) is 5.56 Å². The highest BCUT2D eigenvalue weighted by molar-refractivity contribution is 6.04. The van der Waals surface area contributed by atoms with E-state index in [2.05, 4.69) is 6.07 Å². The molecule has 0 radical (unpaired) electrons. The van der Waals surface area contributed by atoms with Crippen molar-refractivity contribution in [3.63, 3.8) is 0 Å². The molecule has 1 N–H and O–H groups in total. The quantitative estimate of drug-likeness (QED) is 0.847. The molecule has 23 heavy (non-hydrogen) atoms. The number of aliphatic hydroxyl groups is 1. The molecule has 1 aromatic rings. The smallest absolute Gasteiger partial charge is 0.236 e. The number of carbonyl (C=O) groups is 1. The van der Waals surface area contributed by atoms with Crippen LogP contribution in [0.5, 0.6) is 0 Å². The van der Waals surface area contributed by atoms with Crippen molar-refractivity contribution < 1.29 is 14.6 Å². The van der Waals surface area contributed by atoms with Gasteiger partial charge in [-0.3, -0.25) is 9.79 Å². The zero-order chi connectivity index (χ0) is 15.7. The largest absolute Gasteiger partial charge is 0.501 e. The number of methoxy groups -OCH3 is 1. The van der Waals surface area contributed by atoms with Gasteiger partial charge in [-0.25, -0.2) is 0 Å². The van der Waals surface area contributed by atoms with Crippen molar-refractivity contribution in [1.29, 1.82) is 0 Å². The predicted molar refractivity (Wildman–Crippen MR) is 85.3 cm³/mol. The van der Waals surface area contributed by atoms with Gasteiger partial charge in [0.15, 0.2) is 0 Å². The Hall–Kier alpha value is -2.14. The molecular weight excluding hydrogens is 292 g/mol. The standard InChI is InChI=1S/C18H18N2O3/c1-23-13-7-11-16(15-14(13)17(15)21)19-8-10-6-9-4-2-3-5-12(9)20(10)18(11)22/h2-5,7-8,10-11,14-17,21H,6H2,1H3. The molecule has 5 heteroatoms. The van der Waals surface area contributed by atoms with Crippen molar-refractivity contribution in [2.24, 2.45) is 22.7 Å². The molecule has 2 aliphatic heterocycles. The highest BCUT2D eigenvalue weighted by atomic mass is 16.5. The average molecular weight is 310 g/mol. The van der Waals surface area contributed by atoms with Gasteiger partial charge in [-0.1, -0.05) is 18.2 Å². The molecule has 2 heterocycles. The Kier molecular flexibility index (Phi) is 2.57. The van der Waals surface area contributed by atoms with Crippen LogP contribution in [0.4, 0.5) is 5.69 Å². The van der Waals surface area contributed by atoms with E-state index in [9.17, 15) is 9.90 Å². The van der Waals surface area contributed by atoms with Gasteiger partial charge < -0.3 is 14.7 Å². The number of nitrogens with zero attached hydrogens (tertiary/aromatic N) is 2. The minimum absolute atomic E-state index is 0.00595. The van der Waals surface area contributed by atoms with Gasteiger partial charge in [0, 0.05) is 30.2 Å². The number of aliphatic imine (C=N–C) groups is 1. The lowest BCUT2D eigenvalue weighted by molar-refractivity contribution is -0.121. The monoisotopic (exact) mass is 310 g/mol. The number of carbonyl (C=O) groups excluding carboxylic acids is 1. The van der Waals surface area contributed by atoms with Gasteiger partial charge in [-0.2, -0.15) is 0 Å². The number of anilines is 1. The highest BCUT2D eigenvalue weighted by Crippen LogP contribution is 2.54. The van der Waals surface area contributed by atoms with Gasteiger partial charge in [0.25, 0.3) is 0 Å². The molecule has 2 aliphatic carbocycles. The fraction of sp³-hybridized carbons (Fsp3) is 0.444. The van der Waals surface area contributed by atoms with Crippen molar-refractivity contribution in [3.8, 4) is 0 Å². The normalized spacial score (nSPS) is 39.7. The van der Waals surface area contributed by atoms with E-state index in [4.69, 9.17) is 9.73 Å². The Balaban J connectivity index is 1.59. The summed E-state index contributed by atoms with van der Waals surface area (Å²) in [6, 6.07) is 7.86. The number of aliphatic hydroxyl groups excluding tert-OH is 1. The maximum absolute atomic E-state index is 13.2. The second-order valence-electron chi connectivity index (χ2n) is 6.79. The summed E-state index contributed by atoms with van der Waals surface area (Å²) in [7, 11) is 1.60. The lowest BCUT2D eigenvalue weighted by Crippen LogP contribution is -2.43. The Morgan fingerprint density at radius 1 is 1.35 bits per heavy atom. The molecule has 0 aromatic heterocycles. The second kappa shape index (κ2) is 4.45. The molecule has 1 aromatic carbocycles. The fourth-order valence-electron chi connectivity index (χ4n) is 4.50. The van der Waals surface area contributed by atoms with Crippen LogP contribution in [0.25, 0.3) is 0 Å². The van der Waals surface area contributed by atoms with Crippen molar-refractivity contribution in [1.82, 2.24) is 0 Å². The Morgan fingerprint density at radius 2 is 2.17 bits per heavy atom. The van der Waals surface area contributed by atoms with Gasteiger partial charge in [0.2, 0.25) is 5.91 Å².